The van der Waals surface area contributed by atoms with Gasteiger partial charge in [0.25, 0.3) is 0 Å². The summed E-state index contributed by atoms with van der Waals surface area (Å²) in [6.45, 7) is 18.3. The van der Waals surface area contributed by atoms with Gasteiger partial charge in [-0.3, -0.25) is 19.8 Å². The van der Waals surface area contributed by atoms with Crippen molar-refractivity contribution in [1.29, 1.82) is 10.5 Å². The van der Waals surface area contributed by atoms with Gasteiger partial charge in [0.2, 0.25) is 0 Å². The second kappa shape index (κ2) is 29.7. The number of aliphatic hydroxyl groups excluding tert-OH is 1. The van der Waals surface area contributed by atoms with Crippen LogP contribution in [0.25, 0.3) is 21.8 Å². The Morgan fingerprint density at radius 1 is 0.562 bits per heavy atom. The van der Waals surface area contributed by atoms with Crippen LogP contribution in [-0.4, -0.2) is 111 Å². The van der Waals surface area contributed by atoms with E-state index >= 15 is 0 Å². The topological polar surface area (TPSA) is 189 Å². The van der Waals surface area contributed by atoms with Gasteiger partial charge in [0.15, 0.2) is 0 Å². The number of hydrogen-bond donors (Lipinski definition) is 3. The van der Waals surface area contributed by atoms with Crippen molar-refractivity contribution >= 4 is 91.0 Å². The maximum atomic E-state index is 13.9. The highest BCUT2D eigenvalue weighted by atomic mass is 35.5. The molecular weight excluding hydrogens is 1290 g/mol. The largest absolute Gasteiger partial charge is 0.392 e. The van der Waals surface area contributed by atoms with Gasteiger partial charge in [-0.15, -0.1) is 10.2 Å². The molecule has 96 heavy (non-hydrogen) atoms. The summed E-state index contributed by atoms with van der Waals surface area (Å²) in [5, 5.41) is 57.3. The van der Waals surface area contributed by atoms with Crippen LogP contribution in [0.1, 0.15) is 147 Å². The highest BCUT2D eigenvalue weighted by Crippen LogP contribution is 2.41. The first-order valence-corrected chi connectivity index (χ1v) is 33.7. The fraction of sp³-hybridized carbons (Fsp3) is 0.351. The number of benzene rings is 6. The van der Waals surface area contributed by atoms with Gasteiger partial charge < -0.3 is 20.6 Å². The van der Waals surface area contributed by atoms with Crippen LogP contribution in [-0.2, 0) is 26.0 Å². The van der Waals surface area contributed by atoms with Gasteiger partial charge in [0, 0.05) is 103 Å². The Morgan fingerprint density at radius 2 is 0.979 bits per heavy atom. The molecule has 22 heteroatoms. The lowest BCUT2D eigenvalue weighted by Crippen LogP contribution is -2.46. The minimum absolute atomic E-state index is 0.0206. The number of halogens is 6. The Hall–Kier alpha value is -8.14. The second-order valence-corrected chi connectivity index (χ2v) is 28.8. The lowest BCUT2D eigenvalue weighted by molar-refractivity contribution is 0.0864. The third-order valence-electron chi connectivity index (χ3n) is 18.2. The number of rotatable bonds is 17. The number of piperidine rings is 2. The molecule has 0 amide bonds. The first-order chi connectivity index (χ1) is 45.9. The van der Waals surface area contributed by atoms with Crippen molar-refractivity contribution in [2.24, 2.45) is 0 Å². The third kappa shape index (κ3) is 16.1. The fourth-order valence-electron chi connectivity index (χ4n) is 13.0. The van der Waals surface area contributed by atoms with E-state index in [1.165, 1.54) is 42.2 Å². The summed E-state index contributed by atoms with van der Waals surface area (Å²) >= 11 is 25.9. The summed E-state index contributed by atoms with van der Waals surface area (Å²) in [4.78, 5) is 16.2. The maximum Gasteiger partial charge on any atom is 0.141 e. The smallest absolute Gasteiger partial charge is 0.141 e. The molecule has 0 unspecified atom stereocenters. The minimum atomic E-state index is -0.536. The van der Waals surface area contributed by atoms with E-state index in [4.69, 9.17) is 51.5 Å². The van der Waals surface area contributed by atoms with E-state index in [1.807, 2.05) is 53.2 Å². The van der Waals surface area contributed by atoms with Crippen LogP contribution >= 0.6 is 46.4 Å². The number of likely N-dealkylation sites (tertiary alicyclic amines) is 2. The van der Waals surface area contributed by atoms with E-state index in [0.717, 1.165) is 97.6 Å². The van der Waals surface area contributed by atoms with Crippen molar-refractivity contribution in [3.05, 3.63) is 222 Å². The molecule has 16 nitrogen and oxygen atoms in total. The zero-order chi connectivity index (χ0) is 68.2. The third-order valence-corrected chi connectivity index (χ3v) is 19.4. The molecule has 0 radical (unpaired) electrons. The molecule has 3 N–H and O–H groups in total. The Kier molecular flexibility index (Phi) is 21.4. The molecule has 0 saturated carbocycles. The second-order valence-electron chi connectivity index (χ2n) is 27.2. The van der Waals surface area contributed by atoms with E-state index in [1.54, 1.807) is 12.1 Å². The molecule has 12 rings (SSSR count). The summed E-state index contributed by atoms with van der Waals surface area (Å²) in [7, 11) is 4.12. The van der Waals surface area contributed by atoms with Crippen LogP contribution in [0, 0.1) is 34.3 Å². The van der Waals surface area contributed by atoms with Crippen LogP contribution in [0.3, 0.4) is 0 Å². The lowest BCUT2D eigenvalue weighted by atomic mass is 9.88. The molecular formula is C74H77Cl4F2N15O. The predicted octanol–water partition coefficient (Wildman–Crippen LogP) is 16.9. The number of pyridine rings is 2. The maximum absolute atomic E-state index is 13.9. The van der Waals surface area contributed by atoms with Crippen molar-refractivity contribution in [2.75, 3.05) is 50.9 Å². The highest BCUT2D eigenvalue weighted by Gasteiger charge is 2.32. The summed E-state index contributed by atoms with van der Waals surface area (Å²) in [5.74, 6) is -1.37. The molecule has 6 heterocycles. The van der Waals surface area contributed by atoms with Crippen LogP contribution in [0.15, 0.2) is 134 Å². The number of nitrogens with one attached hydrogen (secondary N) is 2. The van der Waals surface area contributed by atoms with E-state index in [-0.39, 0.29) is 45.6 Å². The Balaban J connectivity index is 0.000000195. The van der Waals surface area contributed by atoms with Gasteiger partial charge in [-0.25, -0.2) is 18.1 Å². The average Bonchev–Trinajstić information content (AvgIpc) is 0.870. The zero-order valence-electron chi connectivity index (χ0n) is 55.0. The molecule has 496 valence electrons. The minimum Gasteiger partial charge on any atom is -0.392 e. The van der Waals surface area contributed by atoms with Gasteiger partial charge in [0.05, 0.1) is 83.7 Å². The Morgan fingerprint density at radius 3 is 1.36 bits per heavy atom. The quantitative estimate of drug-likeness (QED) is 0.0781. The van der Waals surface area contributed by atoms with Gasteiger partial charge in [-0.1, -0.05) is 105 Å². The van der Waals surface area contributed by atoms with Crippen molar-refractivity contribution in [3.8, 4) is 12.1 Å². The molecule has 2 saturated heterocycles. The normalized spacial score (nSPS) is 15.1. The number of aromatic nitrogens is 8. The molecule has 0 bridgehead atoms. The molecule has 6 aromatic carbocycles. The molecule has 2 atom stereocenters. The summed E-state index contributed by atoms with van der Waals surface area (Å²) < 4.78 is 31.9. The molecule has 2 fully saturated rings. The lowest BCUT2D eigenvalue weighted by Gasteiger charge is -2.40. The van der Waals surface area contributed by atoms with Crippen LogP contribution < -0.4 is 10.6 Å². The van der Waals surface area contributed by atoms with E-state index in [2.05, 4.69) is 160 Å². The Labute approximate surface area is 579 Å². The molecule has 0 aliphatic carbocycles. The van der Waals surface area contributed by atoms with Crippen LogP contribution in [0.4, 0.5) is 31.5 Å². The number of nitrogens with zero attached hydrogens (tertiary/aromatic N) is 13. The molecule has 4 aromatic heterocycles. The standard InChI is InChI=1S/C38H41Cl2FN8.C36H36Cl2FN7O/c1-38(2,3)48-13-11-29(12-14-48)49-23-35(45-46-49)30(26-8-6-7-24(15-26)22-47(4)5)16-25-17-31-36(44-28-9-10-34(41)32(39)19-28)27(20-42)21-43-37(31)33(40)18-25;1-36(2,3)45-11-9-27(10-12-45)46-20-33(43-44-46)28(24-6-4-5-22(13-24)21-47)14-23-15-29-34(42-26-7-8-32(39)30(37)17-26)25(18-40)19-41-35(29)31(38)16-23/h6-10,15,17-19,21,23,29-30H,11-14,16,22H2,1-5H3,(H,43,44);4-8,13,15-17,19-20,27-28,47H,9-12,14,21H2,1-3H3,(H,41,42)/t30-;28-/m00/s1. The van der Waals surface area contributed by atoms with Crippen LogP contribution in [0.5, 0.6) is 0 Å². The van der Waals surface area contributed by atoms with Gasteiger partial charge in [0.1, 0.15) is 23.8 Å². The van der Waals surface area contributed by atoms with Crippen LogP contribution in [0.2, 0.25) is 20.1 Å². The van der Waals surface area contributed by atoms with Crippen molar-refractivity contribution in [1.82, 2.24) is 54.7 Å². The van der Waals surface area contributed by atoms with Crippen molar-refractivity contribution in [3.63, 3.8) is 0 Å². The molecule has 0 spiro atoms. The number of anilines is 4. The van der Waals surface area contributed by atoms with Crippen molar-refractivity contribution < 1.29 is 13.9 Å². The molecule has 2 aliphatic heterocycles. The zero-order valence-corrected chi connectivity index (χ0v) is 58.0. The van der Waals surface area contributed by atoms with E-state index in [9.17, 15) is 24.4 Å². The fourth-order valence-corrected chi connectivity index (χ4v) is 14.0. The summed E-state index contributed by atoms with van der Waals surface area (Å²) in [5.41, 5.74) is 11.8. The Bertz CT molecular complexity index is 4530. The van der Waals surface area contributed by atoms with Gasteiger partial charge in [-0.05, 0) is 188 Å². The monoisotopic (exact) mass is 1370 g/mol. The summed E-state index contributed by atoms with van der Waals surface area (Å²) in [6.07, 6.45) is 12.3. The number of nitriles is 2. The first kappa shape index (κ1) is 69.2. The average molecular weight is 1370 g/mol. The summed E-state index contributed by atoms with van der Waals surface area (Å²) in [6, 6.07) is 37.9. The van der Waals surface area contributed by atoms with E-state index < -0.39 is 11.6 Å². The van der Waals surface area contributed by atoms with Gasteiger partial charge >= 0.3 is 0 Å². The first-order valence-electron chi connectivity index (χ1n) is 32.2. The number of fused-ring (bicyclic) bond motifs is 2. The number of aliphatic hydroxyl groups is 1. The molecule has 2 aliphatic rings. The molecule has 10 aromatic rings. The number of hydrogen-bond acceptors (Lipinski definition) is 14. The van der Waals surface area contributed by atoms with Gasteiger partial charge in [-0.2, -0.15) is 10.5 Å². The van der Waals surface area contributed by atoms with Crippen molar-refractivity contribution in [2.45, 2.75) is 128 Å². The van der Waals surface area contributed by atoms with E-state index in [0.29, 0.717) is 84.6 Å². The SMILES string of the molecule is CC(C)(C)N1CCC(n2cc([C@@H](Cc3cc(Cl)c4ncc(C#N)c(Nc5ccc(F)c(Cl)c5)c4c3)c3cccc(CO)c3)nn2)CC1.CN(C)Cc1cccc([C@H](Cc2cc(Cl)c3ncc(C#N)c(Nc4ccc(F)c(Cl)c4)c3c2)c2cn(C3CCN(C(C)(C)C)CC3)nn2)c1. The highest BCUT2D eigenvalue weighted by molar-refractivity contribution is 6.36. The predicted molar refractivity (Wildman–Crippen MR) is 379 cm³/mol.